The van der Waals surface area contributed by atoms with Crippen LogP contribution in [0.2, 0.25) is 10.0 Å². The number of isothiocyanates is 1. The van der Waals surface area contributed by atoms with E-state index in [-0.39, 0.29) is 0 Å². The second-order valence-corrected chi connectivity index (χ2v) is 7.97. The van der Waals surface area contributed by atoms with Crippen molar-refractivity contribution in [2.75, 3.05) is 0 Å². The fourth-order valence-corrected chi connectivity index (χ4v) is 3.77. The highest BCUT2D eigenvalue weighted by Gasteiger charge is 2.08. The molecule has 0 saturated heterocycles. The number of halogens is 2. The summed E-state index contributed by atoms with van der Waals surface area (Å²) < 4.78 is 0. The Morgan fingerprint density at radius 1 is 0.800 bits per heavy atom. The zero-order chi connectivity index (χ0) is 21.3. The number of aryl methyl sites for hydroxylation is 1. The minimum Gasteiger partial charge on any atom is -0.192 e. The summed E-state index contributed by atoms with van der Waals surface area (Å²) in [5.74, 6) is 6.46. The summed E-state index contributed by atoms with van der Waals surface area (Å²) in [5, 5.41) is 3.18. The first-order valence-corrected chi connectivity index (χ1v) is 11.1. The second kappa shape index (κ2) is 11.1. The number of nitrogens with zero attached hydrogens (tertiary/aromatic N) is 1. The van der Waals surface area contributed by atoms with Crippen molar-refractivity contribution in [2.45, 2.75) is 32.6 Å². The maximum absolute atomic E-state index is 6.27. The van der Waals surface area contributed by atoms with Gasteiger partial charge in [-0.25, -0.2) is 0 Å². The molecule has 1 nitrogen and oxygen atoms in total. The molecule has 0 aliphatic carbocycles. The molecular weight excluding hydrogens is 429 g/mol. The van der Waals surface area contributed by atoms with Crippen LogP contribution in [0.25, 0.3) is 11.1 Å². The van der Waals surface area contributed by atoms with E-state index in [4.69, 9.17) is 23.2 Å². The third-order valence-electron chi connectivity index (χ3n) is 4.77. The smallest absolute Gasteiger partial charge is 0.111 e. The highest BCUT2D eigenvalue weighted by Crippen LogP contribution is 2.37. The monoisotopic (exact) mass is 449 g/mol. The van der Waals surface area contributed by atoms with Crippen LogP contribution in [0, 0.1) is 11.8 Å². The molecule has 0 bridgehead atoms. The van der Waals surface area contributed by atoms with Gasteiger partial charge in [0.1, 0.15) is 5.69 Å². The predicted octanol–water partition coefficient (Wildman–Crippen LogP) is 8.53. The summed E-state index contributed by atoms with van der Waals surface area (Å²) in [5.41, 5.74) is 5.69. The van der Waals surface area contributed by atoms with Gasteiger partial charge >= 0.3 is 0 Å². The van der Waals surface area contributed by atoms with Gasteiger partial charge in [-0.3, -0.25) is 0 Å². The van der Waals surface area contributed by atoms with E-state index in [1.807, 2.05) is 36.4 Å². The van der Waals surface area contributed by atoms with Crippen LogP contribution in [0.15, 0.2) is 65.7 Å². The molecule has 0 spiro atoms. The maximum atomic E-state index is 6.27. The Bertz CT molecular complexity index is 1090. The van der Waals surface area contributed by atoms with Crippen molar-refractivity contribution in [2.24, 2.45) is 4.99 Å². The molecule has 0 aromatic heterocycles. The minimum absolute atomic E-state index is 0.441. The Balaban J connectivity index is 1.72. The number of hydrogen-bond donors (Lipinski definition) is 0. The summed E-state index contributed by atoms with van der Waals surface area (Å²) in [6.45, 7) is 2.23. The van der Waals surface area contributed by atoms with Gasteiger partial charge in [0.05, 0.1) is 15.2 Å². The molecule has 0 aliphatic rings. The molecule has 0 N–H and O–H groups in total. The lowest BCUT2D eigenvalue weighted by Crippen LogP contribution is -1.85. The fraction of sp³-hybridized carbons (Fsp3) is 0.192. The van der Waals surface area contributed by atoms with Crippen LogP contribution >= 0.6 is 35.4 Å². The molecule has 0 fully saturated rings. The molecule has 150 valence electrons. The van der Waals surface area contributed by atoms with Crippen molar-refractivity contribution in [3.05, 3.63) is 87.4 Å². The largest absolute Gasteiger partial charge is 0.192 e. The van der Waals surface area contributed by atoms with Gasteiger partial charge in [0.25, 0.3) is 0 Å². The van der Waals surface area contributed by atoms with Crippen LogP contribution in [0.3, 0.4) is 0 Å². The lowest BCUT2D eigenvalue weighted by Gasteiger charge is -2.06. The first-order valence-electron chi connectivity index (χ1n) is 9.89. The van der Waals surface area contributed by atoms with Crippen LogP contribution < -0.4 is 0 Å². The number of aliphatic imine (C=N–C) groups is 1. The SMILES string of the molecule is CCCCCc1ccc(C#Cc2ccc(-c3cc(Cl)c(N=C=S)c(Cl)c3)cc2)cc1. The molecule has 0 atom stereocenters. The van der Waals surface area contributed by atoms with E-state index in [0.717, 1.165) is 28.7 Å². The summed E-state index contributed by atoms with van der Waals surface area (Å²) in [6, 6.07) is 20.2. The highest BCUT2D eigenvalue weighted by atomic mass is 35.5. The molecule has 0 aliphatic heterocycles. The van der Waals surface area contributed by atoms with Crippen molar-refractivity contribution < 1.29 is 0 Å². The summed E-state index contributed by atoms with van der Waals surface area (Å²) in [6.07, 6.45) is 4.90. The highest BCUT2D eigenvalue weighted by molar-refractivity contribution is 7.78. The van der Waals surface area contributed by atoms with Gasteiger partial charge in [-0.1, -0.05) is 79.1 Å². The van der Waals surface area contributed by atoms with Gasteiger partial charge in [0, 0.05) is 11.1 Å². The van der Waals surface area contributed by atoms with Crippen LogP contribution in [0.5, 0.6) is 0 Å². The average Bonchev–Trinajstić information content (AvgIpc) is 2.76. The van der Waals surface area contributed by atoms with Crippen LogP contribution in [-0.4, -0.2) is 5.16 Å². The Labute approximate surface area is 193 Å². The zero-order valence-electron chi connectivity index (χ0n) is 16.7. The van der Waals surface area contributed by atoms with E-state index < -0.39 is 0 Å². The van der Waals surface area contributed by atoms with Gasteiger partial charge < -0.3 is 0 Å². The van der Waals surface area contributed by atoms with E-state index >= 15 is 0 Å². The second-order valence-electron chi connectivity index (χ2n) is 6.97. The van der Waals surface area contributed by atoms with Crippen LogP contribution in [0.4, 0.5) is 5.69 Å². The third-order valence-corrected chi connectivity index (χ3v) is 5.43. The zero-order valence-corrected chi connectivity index (χ0v) is 19.0. The van der Waals surface area contributed by atoms with Gasteiger partial charge in [0.15, 0.2) is 0 Å². The molecule has 4 heteroatoms. The molecule has 3 aromatic carbocycles. The Kier molecular flexibility index (Phi) is 8.26. The molecule has 0 heterocycles. The standard InChI is InChI=1S/C26H21Cl2NS/c1-2-3-4-5-19-6-8-20(9-7-19)10-11-21-12-14-22(15-13-21)23-16-24(27)26(29-18-30)25(28)17-23/h6-9,12-17H,2-5H2,1H3. The molecule has 3 aromatic rings. The van der Waals surface area contributed by atoms with E-state index in [9.17, 15) is 0 Å². The summed E-state index contributed by atoms with van der Waals surface area (Å²) >= 11 is 17.2. The minimum atomic E-state index is 0.441. The molecule has 0 amide bonds. The molecule has 3 rings (SSSR count). The molecule has 30 heavy (non-hydrogen) atoms. The van der Waals surface area contributed by atoms with E-state index in [1.165, 1.54) is 24.8 Å². The quantitative estimate of drug-likeness (QED) is 0.159. The van der Waals surface area contributed by atoms with Crippen molar-refractivity contribution in [1.82, 2.24) is 0 Å². The van der Waals surface area contributed by atoms with Gasteiger partial charge in [-0.2, -0.15) is 4.99 Å². The number of hydrogen-bond acceptors (Lipinski definition) is 2. The molecule has 0 unspecified atom stereocenters. The lowest BCUT2D eigenvalue weighted by molar-refractivity contribution is 0.717. The number of rotatable bonds is 6. The number of thiocarbonyl (C=S) groups is 1. The Morgan fingerprint density at radius 3 is 1.90 bits per heavy atom. The van der Waals surface area contributed by atoms with Gasteiger partial charge in [-0.15, -0.1) is 0 Å². The maximum Gasteiger partial charge on any atom is 0.111 e. The topological polar surface area (TPSA) is 12.4 Å². The van der Waals surface area contributed by atoms with Crippen molar-refractivity contribution in [3.63, 3.8) is 0 Å². The van der Waals surface area contributed by atoms with E-state index in [0.29, 0.717) is 15.7 Å². The summed E-state index contributed by atoms with van der Waals surface area (Å²) in [4.78, 5) is 3.91. The Hall–Kier alpha value is -2.40. The fourth-order valence-electron chi connectivity index (χ4n) is 3.11. The van der Waals surface area contributed by atoms with Gasteiger partial charge in [-0.05, 0) is 78.1 Å². The van der Waals surface area contributed by atoms with E-state index in [2.05, 4.69) is 65.4 Å². The van der Waals surface area contributed by atoms with E-state index in [1.54, 1.807) is 0 Å². The number of unbranched alkanes of at least 4 members (excludes halogenated alkanes) is 2. The van der Waals surface area contributed by atoms with Crippen molar-refractivity contribution in [3.8, 4) is 23.0 Å². The van der Waals surface area contributed by atoms with Crippen molar-refractivity contribution in [1.29, 1.82) is 0 Å². The third kappa shape index (κ3) is 6.05. The van der Waals surface area contributed by atoms with Crippen LogP contribution in [-0.2, 0) is 6.42 Å². The number of benzene rings is 3. The van der Waals surface area contributed by atoms with Crippen molar-refractivity contribution >= 4 is 46.3 Å². The normalized spacial score (nSPS) is 10.1. The average molecular weight is 450 g/mol. The first-order chi connectivity index (χ1) is 14.6. The Morgan fingerprint density at radius 2 is 1.37 bits per heavy atom. The van der Waals surface area contributed by atoms with Gasteiger partial charge in [0.2, 0.25) is 0 Å². The van der Waals surface area contributed by atoms with Crippen LogP contribution in [0.1, 0.15) is 42.9 Å². The predicted molar refractivity (Wildman–Crippen MR) is 132 cm³/mol. The molecule has 0 radical (unpaired) electrons. The molecular formula is C26H21Cl2NS. The first kappa shape index (κ1) is 22.3. The summed E-state index contributed by atoms with van der Waals surface area (Å²) in [7, 11) is 0. The molecule has 0 saturated carbocycles. The lowest BCUT2D eigenvalue weighted by atomic mass is 10.0.